The number of benzene rings is 1. The molecule has 3 nitrogen and oxygen atoms in total. The van der Waals surface area contributed by atoms with E-state index in [1.165, 1.54) is 0 Å². The van der Waals surface area contributed by atoms with Crippen LogP contribution in [-0.4, -0.2) is 35.1 Å². The molecule has 2 rings (SSSR count). The zero-order valence-corrected chi connectivity index (χ0v) is 11.4. The van der Waals surface area contributed by atoms with Gasteiger partial charge in [0.05, 0.1) is 0 Å². The molecule has 0 radical (unpaired) electrons. The van der Waals surface area contributed by atoms with E-state index in [1.807, 2.05) is 36.2 Å². The Morgan fingerprint density at radius 2 is 2.12 bits per heavy atom. The molecule has 1 atom stereocenters. The van der Waals surface area contributed by atoms with Crippen LogP contribution in [-0.2, 0) is 11.2 Å². The number of rotatable bonds is 3. The molecular weight excluding hydrogens is 282 g/mol. The van der Waals surface area contributed by atoms with Crippen LogP contribution in [0, 0.1) is 0 Å². The number of nitrogens with zero attached hydrogens (tertiary/aromatic N) is 1. The fourth-order valence-corrected chi connectivity index (χ4v) is 2.79. The van der Waals surface area contributed by atoms with Gasteiger partial charge < -0.3 is 5.11 Å². The van der Waals surface area contributed by atoms with Gasteiger partial charge in [-0.25, -0.2) is 0 Å². The third-order valence-electron chi connectivity index (χ3n) is 3.62. The number of halogens is 1. The van der Waals surface area contributed by atoms with Crippen LogP contribution in [0.3, 0.4) is 0 Å². The molecule has 1 aromatic carbocycles. The highest BCUT2D eigenvalue weighted by Crippen LogP contribution is 2.32. The van der Waals surface area contributed by atoms with Crippen molar-refractivity contribution in [3.05, 3.63) is 34.3 Å². The molecule has 1 aliphatic rings. The number of carbonyl (C=O) groups is 1. The molecule has 0 aromatic heterocycles. The fourth-order valence-electron chi connectivity index (χ4n) is 2.52. The summed E-state index contributed by atoms with van der Waals surface area (Å²) in [4.78, 5) is 13.5. The molecule has 1 aliphatic heterocycles. The third kappa shape index (κ3) is 2.38. The Kier molecular flexibility index (Phi) is 3.54. The van der Waals surface area contributed by atoms with Crippen molar-refractivity contribution in [1.29, 1.82) is 0 Å². The molecule has 1 N–H and O–H groups in total. The molecule has 1 unspecified atom stereocenters. The Bertz CT molecular complexity index is 418. The third-order valence-corrected chi connectivity index (χ3v) is 4.15. The minimum Gasteiger partial charge on any atom is -0.480 e. The lowest BCUT2D eigenvalue weighted by molar-refractivity contribution is -0.148. The molecule has 1 heterocycles. The maximum Gasteiger partial charge on any atom is 0.324 e. The molecule has 4 heteroatoms. The van der Waals surface area contributed by atoms with E-state index in [-0.39, 0.29) is 0 Å². The Morgan fingerprint density at radius 3 is 2.59 bits per heavy atom. The van der Waals surface area contributed by atoms with Gasteiger partial charge in [0.25, 0.3) is 0 Å². The minimum atomic E-state index is -0.714. The van der Waals surface area contributed by atoms with E-state index >= 15 is 0 Å². The van der Waals surface area contributed by atoms with Gasteiger partial charge in [-0.2, -0.15) is 0 Å². The van der Waals surface area contributed by atoms with Gasteiger partial charge in [0.1, 0.15) is 5.54 Å². The van der Waals surface area contributed by atoms with Gasteiger partial charge >= 0.3 is 5.97 Å². The summed E-state index contributed by atoms with van der Waals surface area (Å²) in [5.74, 6) is -0.708. The second-order valence-electron chi connectivity index (χ2n) is 4.67. The van der Waals surface area contributed by atoms with Crippen LogP contribution in [0.15, 0.2) is 28.7 Å². The van der Waals surface area contributed by atoms with Gasteiger partial charge in [-0.1, -0.05) is 28.1 Å². The number of aliphatic carboxylic acids is 1. The number of carboxylic acids is 1. The highest BCUT2D eigenvalue weighted by atomic mass is 79.9. The van der Waals surface area contributed by atoms with Crippen molar-refractivity contribution < 1.29 is 9.90 Å². The smallest absolute Gasteiger partial charge is 0.324 e. The second kappa shape index (κ2) is 4.78. The zero-order chi connectivity index (χ0) is 12.5. The molecule has 17 heavy (non-hydrogen) atoms. The fraction of sp³-hybridized carbons (Fsp3) is 0.462. The van der Waals surface area contributed by atoms with Crippen molar-refractivity contribution in [2.45, 2.75) is 24.8 Å². The summed E-state index contributed by atoms with van der Waals surface area (Å²) < 4.78 is 1.02. The molecule has 0 spiro atoms. The number of carboxylic acid groups (broad SMARTS) is 1. The summed E-state index contributed by atoms with van der Waals surface area (Å²) in [7, 11) is 1.90. The van der Waals surface area contributed by atoms with E-state index in [0.717, 1.165) is 29.4 Å². The SMILES string of the molecule is CN1CCCC1(Cc1ccc(Br)cc1)C(=O)O. The molecule has 0 bridgehead atoms. The molecule has 1 fully saturated rings. The van der Waals surface area contributed by atoms with E-state index < -0.39 is 11.5 Å². The van der Waals surface area contributed by atoms with Gasteiger partial charge in [0, 0.05) is 10.9 Å². The molecule has 1 saturated heterocycles. The molecular formula is C13H16BrNO2. The summed E-state index contributed by atoms with van der Waals surface area (Å²) in [5.41, 5.74) is 0.359. The first-order valence-electron chi connectivity index (χ1n) is 5.74. The van der Waals surface area contributed by atoms with Crippen molar-refractivity contribution in [3.8, 4) is 0 Å². The van der Waals surface area contributed by atoms with Crippen molar-refractivity contribution in [2.75, 3.05) is 13.6 Å². The first-order chi connectivity index (χ1) is 8.04. The van der Waals surface area contributed by atoms with Gasteiger partial charge in [0.15, 0.2) is 0 Å². The van der Waals surface area contributed by atoms with E-state index in [9.17, 15) is 9.90 Å². The molecule has 0 amide bonds. The number of likely N-dealkylation sites (N-methyl/N-ethyl adjacent to an activating group) is 1. The van der Waals surface area contributed by atoms with Crippen molar-refractivity contribution in [2.24, 2.45) is 0 Å². The lowest BCUT2D eigenvalue weighted by Crippen LogP contribution is -2.50. The van der Waals surface area contributed by atoms with E-state index in [2.05, 4.69) is 15.9 Å². The van der Waals surface area contributed by atoms with Gasteiger partial charge in [-0.3, -0.25) is 9.69 Å². The summed E-state index contributed by atoms with van der Waals surface area (Å²) in [6.07, 6.45) is 2.26. The minimum absolute atomic E-state index is 0.576. The van der Waals surface area contributed by atoms with Crippen LogP contribution in [0.1, 0.15) is 18.4 Å². The van der Waals surface area contributed by atoms with E-state index in [0.29, 0.717) is 6.42 Å². The average Bonchev–Trinajstić information content (AvgIpc) is 2.65. The standard InChI is InChI=1S/C13H16BrNO2/c1-15-8-2-7-13(15,12(16)17)9-10-3-5-11(14)6-4-10/h3-6H,2,7-9H2,1H3,(H,16,17). The van der Waals surface area contributed by atoms with Crippen LogP contribution >= 0.6 is 15.9 Å². The highest BCUT2D eigenvalue weighted by Gasteiger charge is 2.45. The summed E-state index contributed by atoms with van der Waals surface area (Å²) in [6.45, 7) is 0.864. The first kappa shape index (κ1) is 12.6. The molecule has 0 aliphatic carbocycles. The van der Waals surface area contributed by atoms with Gasteiger partial charge in [-0.15, -0.1) is 0 Å². The van der Waals surface area contributed by atoms with E-state index in [4.69, 9.17) is 0 Å². The summed E-state index contributed by atoms with van der Waals surface area (Å²) >= 11 is 3.39. The Balaban J connectivity index is 2.24. The van der Waals surface area contributed by atoms with Crippen molar-refractivity contribution >= 4 is 21.9 Å². The maximum absolute atomic E-state index is 11.6. The number of hydrogen-bond acceptors (Lipinski definition) is 2. The lowest BCUT2D eigenvalue weighted by atomic mass is 9.88. The van der Waals surface area contributed by atoms with Crippen LogP contribution < -0.4 is 0 Å². The normalized spacial score (nSPS) is 25.1. The van der Waals surface area contributed by atoms with Gasteiger partial charge in [-0.05, 0) is 44.1 Å². The van der Waals surface area contributed by atoms with Crippen molar-refractivity contribution in [1.82, 2.24) is 4.90 Å². The number of hydrogen-bond donors (Lipinski definition) is 1. The van der Waals surface area contributed by atoms with Crippen LogP contribution in [0.5, 0.6) is 0 Å². The molecule has 92 valence electrons. The Hall–Kier alpha value is -0.870. The molecule has 0 saturated carbocycles. The van der Waals surface area contributed by atoms with Crippen LogP contribution in [0.25, 0.3) is 0 Å². The number of likely N-dealkylation sites (tertiary alicyclic amines) is 1. The molecule has 1 aromatic rings. The van der Waals surface area contributed by atoms with Crippen LogP contribution in [0.2, 0.25) is 0 Å². The van der Waals surface area contributed by atoms with Crippen molar-refractivity contribution in [3.63, 3.8) is 0 Å². The quantitative estimate of drug-likeness (QED) is 0.932. The Labute approximate surface area is 110 Å². The van der Waals surface area contributed by atoms with Crippen LogP contribution in [0.4, 0.5) is 0 Å². The second-order valence-corrected chi connectivity index (χ2v) is 5.58. The monoisotopic (exact) mass is 297 g/mol. The Morgan fingerprint density at radius 1 is 1.47 bits per heavy atom. The largest absolute Gasteiger partial charge is 0.480 e. The maximum atomic E-state index is 11.6. The topological polar surface area (TPSA) is 40.5 Å². The summed E-state index contributed by atoms with van der Waals surface area (Å²) in [5, 5.41) is 9.50. The first-order valence-corrected chi connectivity index (χ1v) is 6.53. The van der Waals surface area contributed by atoms with E-state index in [1.54, 1.807) is 0 Å². The van der Waals surface area contributed by atoms with Gasteiger partial charge in [0.2, 0.25) is 0 Å². The zero-order valence-electron chi connectivity index (χ0n) is 9.82. The summed E-state index contributed by atoms with van der Waals surface area (Å²) in [6, 6.07) is 7.89. The average molecular weight is 298 g/mol. The predicted molar refractivity (Wildman–Crippen MR) is 70.1 cm³/mol. The predicted octanol–water partition coefficient (Wildman–Crippen LogP) is 2.54. The highest BCUT2D eigenvalue weighted by molar-refractivity contribution is 9.10. The lowest BCUT2D eigenvalue weighted by Gasteiger charge is -2.32.